The highest BCUT2D eigenvalue weighted by atomic mass is 16.5. The Morgan fingerprint density at radius 2 is 2.07 bits per heavy atom. The number of aliphatic hydroxyl groups is 1. The molecule has 0 aliphatic heterocycles. The first-order valence-electron chi connectivity index (χ1n) is 5.05. The van der Waals surface area contributed by atoms with Crippen LogP contribution >= 0.6 is 0 Å². The molecule has 15 heavy (non-hydrogen) atoms. The molecule has 3 nitrogen and oxygen atoms in total. The highest BCUT2D eigenvalue weighted by Crippen LogP contribution is 2.21. The summed E-state index contributed by atoms with van der Waals surface area (Å²) in [5, 5.41) is 17.7. The van der Waals surface area contributed by atoms with Crippen molar-refractivity contribution >= 4 is 0 Å². The summed E-state index contributed by atoms with van der Waals surface area (Å²) in [6, 6.07) is 9.60. The van der Waals surface area contributed by atoms with Gasteiger partial charge in [-0.15, -0.1) is 0 Å². The molecule has 1 aromatic rings. The summed E-state index contributed by atoms with van der Waals surface area (Å²) in [4.78, 5) is 0. The van der Waals surface area contributed by atoms with Gasteiger partial charge in [0.05, 0.1) is 18.6 Å². The van der Waals surface area contributed by atoms with Crippen molar-refractivity contribution in [1.82, 2.24) is 0 Å². The summed E-state index contributed by atoms with van der Waals surface area (Å²) in [6.07, 6.45) is 0.477. The molecule has 0 radical (unpaired) electrons. The summed E-state index contributed by atoms with van der Waals surface area (Å²) in [5.41, 5.74) is 0.926. The molecular weight excluding hydrogens is 190 g/mol. The Hall–Kier alpha value is -1.53. The van der Waals surface area contributed by atoms with Crippen molar-refractivity contribution < 1.29 is 9.84 Å². The molecule has 80 valence electrons. The van der Waals surface area contributed by atoms with Crippen LogP contribution in [0, 0.1) is 11.3 Å². The van der Waals surface area contributed by atoms with E-state index in [9.17, 15) is 0 Å². The molecule has 0 heterocycles. The monoisotopic (exact) mass is 205 g/mol. The smallest absolute Gasteiger partial charge is 0.119 e. The predicted octanol–water partition coefficient (Wildman–Crippen LogP) is 2.07. The fourth-order valence-electron chi connectivity index (χ4n) is 1.40. The van der Waals surface area contributed by atoms with Gasteiger partial charge in [0.1, 0.15) is 5.75 Å². The number of rotatable bonds is 5. The number of hydrogen-bond donors (Lipinski definition) is 1. The van der Waals surface area contributed by atoms with Crippen molar-refractivity contribution in [2.75, 3.05) is 13.2 Å². The molecule has 1 aromatic carbocycles. The van der Waals surface area contributed by atoms with Crippen LogP contribution in [0.4, 0.5) is 0 Å². The molecular formula is C12H15NO2. The Balaban J connectivity index is 2.74. The Morgan fingerprint density at radius 3 is 2.53 bits per heavy atom. The highest BCUT2D eigenvalue weighted by molar-refractivity contribution is 5.31. The van der Waals surface area contributed by atoms with E-state index in [-0.39, 0.29) is 12.5 Å². The van der Waals surface area contributed by atoms with Gasteiger partial charge in [-0.2, -0.15) is 5.26 Å². The molecule has 0 aromatic heterocycles. The van der Waals surface area contributed by atoms with Crippen molar-refractivity contribution in [3.05, 3.63) is 29.8 Å². The van der Waals surface area contributed by atoms with E-state index in [1.807, 2.05) is 31.2 Å². The van der Waals surface area contributed by atoms with E-state index < -0.39 is 0 Å². The average Bonchev–Trinajstić information content (AvgIpc) is 2.28. The zero-order valence-corrected chi connectivity index (χ0v) is 8.81. The predicted molar refractivity (Wildman–Crippen MR) is 57.7 cm³/mol. The van der Waals surface area contributed by atoms with Gasteiger partial charge in [-0.1, -0.05) is 12.1 Å². The summed E-state index contributed by atoms with van der Waals surface area (Å²) >= 11 is 0. The van der Waals surface area contributed by atoms with Gasteiger partial charge in [0.25, 0.3) is 0 Å². The van der Waals surface area contributed by atoms with Gasteiger partial charge in [-0.25, -0.2) is 0 Å². The second kappa shape index (κ2) is 6.05. The molecule has 1 unspecified atom stereocenters. The Morgan fingerprint density at radius 1 is 1.40 bits per heavy atom. The topological polar surface area (TPSA) is 53.2 Å². The minimum absolute atomic E-state index is 0.0332. The Kier molecular flexibility index (Phi) is 4.65. The molecule has 0 amide bonds. The SMILES string of the molecule is CCOc1ccc(C(C#N)CCO)cc1. The minimum Gasteiger partial charge on any atom is -0.494 e. The van der Waals surface area contributed by atoms with Crippen LogP contribution in [0.5, 0.6) is 5.75 Å². The van der Waals surface area contributed by atoms with E-state index in [2.05, 4.69) is 6.07 Å². The molecule has 0 spiro atoms. The van der Waals surface area contributed by atoms with E-state index in [1.165, 1.54) is 0 Å². The number of nitriles is 1. The van der Waals surface area contributed by atoms with Gasteiger partial charge in [-0.3, -0.25) is 0 Å². The molecule has 3 heteroatoms. The summed E-state index contributed by atoms with van der Waals surface area (Å²) in [5.74, 6) is 0.576. The minimum atomic E-state index is -0.231. The number of hydrogen-bond acceptors (Lipinski definition) is 3. The number of nitrogens with zero attached hydrogens (tertiary/aromatic N) is 1. The van der Waals surface area contributed by atoms with Gasteiger partial charge in [0, 0.05) is 6.61 Å². The van der Waals surface area contributed by atoms with Crippen LogP contribution in [-0.4, -0.2) is 18.3 Å². The Labute approximate surface area is 89.9 Å². The number of benzene rings is 1. The van der Waals surface area contributed by atoms with Crippen molar-refractivity contribution in [1.29, 1.82) is 5.26 Å². The molecule has 0 fully saturated rings. The summed E-state index contributed by atoms with van der Waals surface area (Å²) in [6.45, 7) is 2.60. The molecule has 0 bridgehead atoms. The molecule has 0 aliphatic carbocycles. The summed E-state index contributed by atoms with van der Waals surface area (Å²) in [7, 11) is 0. The van der Waals surface area contributed by atoms with E-state index in [1.54, 1.807) is 0 Å². The zero-order valence-electron chi connectivity index (χ0n) is 8.81. The largest absolute Gasteiger partial charge is 0.494 e. The molecule has 1 N–H and O–H groups in total. The first kappa shape index (κ1) is 11.5. The van der Waals surface area contributed by atoms with Crippen LogP contribution in [0.2, 0.25) is 0 Å². The first-order chi connectivity index (χ1) is 7.31. The number of ether oxygens (including phenoxy) is 1. The molecule has 0 saturated carbocycles. The molecule has 1 atom stereocenters. The van der Waals surface area contributed by atoms with Crippen molar-refractivity contribution in [3.8, 4) is 11.8 Å². The van der Waals surface area contributed by atoms with Crippen molar-refractivity contribution in [2.24, 2.45) is 0 Å². The standard InChI is InChI=1S/C12H15NO2/c1-2-15-12-5-3-10(4-6-12)11(9-13)7-8-14/h3-6,11,14H,2,7-8H2,1H3. The lowest BCUT2D eigenvalue weighted by Gasteiger charge is -2.08. The third-order valence-electron chi connectivity index (χ3n) is 2.17. The van der Waals surface area contributed by atoms with Gasteiger partial charge < -0.3 is 9.84 Å². The average molecular weight is 205 g/mol. The van der Waals surface area contributed by atoms with E-state index in [0.717, 1.165) is 11.3 Å². The lowest BCUT2D eigenvalue weighted by atomic mass is 9.98. The van der Waals surface area contributed by atoms with Gasteiger partial charge >= 0.3 is 0 Å². The lowest BCUT2D eigenvalue weighted by molar-refractivity contribution is 0.283. The maximum Gasteiger partial charge on any atom is 0.119 e. The van der Waals surface area contributed by atoms with E-state index in [4.69, 9.17) is 15.1 Å². The van der Waals surface area contributed by atoms with Gasteiger partial charge in [0.15, 0.2) is 0 Å². The van der Waals surface area contributed by atoms with Crippen molar-refractivity contribution in [3.63, 3.8) is 0 Å². The third-order valence-corrected chi connectivity index (χ3v) is 2.17. The van der Waals surface area contributed by atoms with Crippen LogP contribution in [-0.2, 0) is 0 Å². The van der Waals surface area contributed by atoms with Crippen LogP contribution < -0.4 is 4.74 Å². The normalized spacial score (nSPS) is 11.8. The second-order valence-corrected chi connectivity index (χ2v) is 3.20. The van der Waals surface area contributed by atoms with Gasteiger partial charge in [0.2, 0.25) is 0 Å². The molecule has 1 rings (SSSR count). The quantitative estimate of drug-likeness (QED) is 0.800. The van der Waals surface area contributed by atoms with E-state index >= 15 is 0 Å². The summed E-state index contributed by atoms with van der Waals surface area (Å²) < 4.78 is 5.30. The molecule has 0 aliphatic rings. The van der Waals surface area contributed by atoms with Crippen molar-refractivity contribution in [2.45, 2.75) is 19.3 Å². The van der Waals surface area contributed by atoms with Crippen LogP contribution in [0.1, 0.15) is 24.8 Å². The van der Waals surface area contributed by atoms with Crippen LogP contribution in [0.25, 0.3) is 0 Å². The molecule has 0 saturated heterocycles. The maximum atomic E-state index is 8.89. The maximum absolute atomic E-state index is 8.89. The Bertz CT molecular complexity index is 326. The van der Waals surface area contributed by atoms with Crippen LogP contribution in [0.15, 0.2) is 24.3 Å². The second-order valence-electron chi connectivity index (χ2n) is 3.20. The third kappa shape index (κ3) is 3.26. The fourth-order valence-corrected chi connectivity index (χ4v) is 1.40. The van der Waals surface area contributed by atoms with E-state index in [0.29, 0.717) is 13.0 Å². The number of aliphatic hydroxyl groups excluding tert-OH is 1. The lowest BCUT2D eigenvalue weighted by Crippen LogP contribution is -1.99. The highest BCUT2D eigenvalue weighted by Gasteiger charge is 2.09. The van der Waals surface area contributed by atoms with Crippen LogP contribution in [0.3, 0.4) is 0 Å². The zero-order chi connectivity index (χ0) is 11.1. The fraction of sp³-hybridized carbons (Fsp3) is 0.417. The first-order valence-corrected chi connectivity index (χ1v) is 5.05. The van der Waals surface area contributed by atoms with Gasteiger partial charge in [-0.05, 0) is 31.0 Å².